The Morgan fingerprint density at radius 2 is 1.86 bits per heavy atom. The first kappa shape index (κ1) is 25.9. The average molecular weight is 511 g/mol. The SMILES string of the molecule is CCNC(=NCC1CCCOC1C(C)(C)C)NCCCCN1CCOCC1.I. The van der Waals surface area contributed by atoms with Gasteiger partial charge in [0.1, 0.15) is 0 Å². The third-order valence-corrected chi connectivity index (χ3v) is 5.42. The number of unbranched alkanes of at least 4 members (excludes halogenated alkanes) is 1. The Hall–Kier alpha value is -0.120. The second-order valence-electron chi connectivity index (χ2n) is 8.87. The molecule has 0 amide bonds. The molecule has 2 rings (SSSR count). The van der Waals surface area contributed by atoms with Crippen molar-refractivity contribution in [2.45, 2.75) is 59.5 Å². The van der Waals surface area contributed by atoms with Gasteiger partial charge in [0.25, 0.3) is 0 Å². The summed E-state index contributed by atoms with van der Waals surface area (Å²) in [5.41, 5.74) is 0.172. The topological polar surface area (TPSA) is 58.1 Å². The highest BCUT2D eigenvalue weighted by Gasteiger charge is 2.35. The van der Waals surface area contributed by atoms with E-state index in [1.165, 1.54) is 25.8 Å². The third-order valence-electron chi connectivity index (χ3n) is 5.42. The number of guanidine groups is 1. The molecule has 0 aromatic rings. The van der Waals surface area contributed by atoms with Crippen molar-refractivity contribution in [3.8, 4) is 0 Å². The van der Waals surface area contributed by atoms with Crippen LogP contribution in [-0.4, -0.2) is 76.1 Å². The molecule has 2 unspecified atom stereocenters. The molecule has 0 saturated carbocycles. The van der Waals surface area contributed by atoms with E-state index in [-0.39, 0.29) is 29.4 Å². The zero-order valence-electron chi connectivity index (χ0n) is 18.5. The normalized spacial score (nSPS) is 24.5. The summed E-state index contributed by atoms with van der Waals surface area (Å²) < 4.78 is 11.5. The standard InChI is InChI=1S/C21H42N4O2.HI/c1-5-22-20(23-10-6-7-11-25-12-15-26-16-13-25)24-17-18-9-8-14-27-19(18)21(2,3)4;/h18-19H,5-17H2,1-4H3,(H2,22,23,24);1H. The van der Waals surface area contributed by atoms with Crippen molar-refractivity contribution in [2.24, 2.45) is 16.3 Å². The van der Waals surface area contributed by atoms with Crippen LogP contribution in [0.4, 0.5) is 0 Å². The second kappa shape index (κ2) is 14.0. The lowest BCUT2D eigenvalue weighted by molar-refractivity contribution is -0.0823. The van der Waals surface area contributed by atoms with Crippen molar-refractivity contribution in [3.63, 3.8) is 0 Å². The third kappa shape index (κ3) is 9.59. The highest BCUT2D eigenvalue weighted by Crippen LogP contribution is 2.34. The number of hydrogen-bond acceptors (Lipinski definition) is 4. The fourth-order valence-electron chi connectivity index (χ4n) is 4.03. The van der Waals surface area contributed by atoms with E-state index in [9.17, 15) is 0 Å². The Balaban J connectivity index is 0.00000392. The number of halogens is 1. The molecule has 0 bridgehead atoms. The monoisotopic (exact) mass is 510 g/mol. The van der Waals surface area contributed by atoms with Gasteiger partial charge in [-0.25, -0.2) is 0 Å². The molecule has 166 valence electrons. The van der Waals surface area contributed by atoms with Gasteiger partial charge in [-0.15, -0.1) is 24.0 Å². The first-order valence-corrected chi connectivity index (χ1v) is 10.9. The maximum Gasteiger partial charge on any atom is 0.191 e. The molecule has 7 heteroatoms. The number of nitrogens with zero attached hydrogens (tertiary/aromatic N) is 2. The van der Waals surface area contributed by atoms with Gasteiger partial charge in [-0.2, -0.15) is 0 Å². The zero-order chi connectivity index (χ0) is 19.5. The van der Waals surface area contributed by atoms with Crippen LogP contribution >= 0.6 is 24.0 Å². The minimum absolute atomic E-state index is 0. The highest BCUT2D eigenvalue weighted by molar-refractivity contribution is 14.0. The minimum Gasteiger partial charge on any atom is -0.379 e. The van der Waals surface area contributed by atoms with Gasteiger partial charge >= 0.3 is 0 Å². The lowest BCUT2D eigenvalue weighted by Gasteiger charge is -2.39. The van der Waals surface area contributed by atoms with Gasteiger partial charge in [-0.1, -0.05) is 20.8 Å². The molecule has 0 radical (unpaired) electrons. The largest absolute Gasteiger partial charge is 0.379 e. The average Bonchev–Trinajstić information content (AvgIpc) is 2.66. The molecule has 2 aliphatic heterocycles. The summed E-state index contributed by atoms with van der Waals surface area (Å²) >= 11 is 0. The predicted octanol–water partition coefficient (Wildman–Crippen LogP) is 3.11. The Bertz CT molecular complexity index is 437. The van der Waals surface area contributed by atoms with Crippen molar-refractivity contribution >= 4 is 29.9 Å². The van der Waals surface area contributed by atoms with Crippen LogP contribution in [0.15, 0.2) is 4.99 Å². The molecule has 28 heavy (non-hydrogen) atoms. The molecule has 0 aromatic carbocycles. The van der Waals surface area contributed by atoms with Gasteiger partial charge in [-0.3, -0.25) is 9.89 Å². The molecule has 2 heterocycles. The first-order chi connectivity index (χ1) is 13.0. The Morgan fingerprint density at radius 1 is 1.11 bits per heavy atom. The maximum absolute atomic E-state index is 6.09. The van der Waals surface area contributed by atoms with Gasteiger partial charge < -0.3 is 20.1 Å². The van der Waals surface area contributed by atoms with Crippen molar-refractivity contribution < 1.29 is 9.47 Å². The molecule has 2 fully saturated rings. The Morgan fingerprint density at radius 3 is 2.54 bits per heavy atom. The van der Waals surface area contributed by atoms with E-state index in [0.29, 0.717) is 12.0 Å². The summed E-state index contributed by atoms with van der Waals surface area (Å²) in [4.78, 5) is 7.37. The molecule has 0 aromatic heterocycles. The van der Waals surface area contributed by atoms with Crippen molar-refractivity contribution in [1.29, 1.82) is 0 Å². The fourth-order valence-corrected chi connectivity index (χ4v) is 4.03. The fraction of sp³-hybridized carbons (Fsp3) is 0.952. The summed E-state index contributed by atoms with van der Waals surface area (Å²) in [7, 11) is 0. The van der Waals surface area contributed by atoms with Gasteiger partial charge in [0.15, 0.2) is 5.96 Å². The predicted molar refractivity (Wildman–Crippen MR) is 128 cm³/mol. The van der Waals surface area contributed by atoms with E-state index in [2.05, 4.69) is 43.2 Å². The summed E-state index contributed by atoms with van der Waals surface area (Å²) in [5, 5.41) is 6.89. The lowest BCUT2D eigenvalue weighted by Crippen LogP contribution is -2.43. The number of aliphatic imine (C=N–C) groups is 1. The van der Waals surface area contributed by atoms with E-state index >= 15 is 0 Å². The van der Waals surface area contributed by atoms with Crippen LogP contribution in [0.25, 0.3) is 0 Å². The summed E-state index contributed by atoms with van der Waals surface area (Å²) in [6.07, 6.45) is 5.04. The number of rotatable bonds is 8. The van der Waals surface area contributed by atoms with E-state index in [0.717, 1.165) is 64.9 Å². The second-order valence-corrected chi connectivity index (χ2v) is 8.87. The first-order valence-electron chi connectivity index (χ1n) is 10.9. The molecule has 2 atom stereocenters. The molecule has 0 aliphatic carbocycles. The van der Waals surface area contributed by atoms with Gasteiger partial charge in [-0.05, 0) is 44.6 Å². The zero-order valence-corrected chi connectivity index (χ0v) is 20.8. The summed E-state index contributed by atoms with van der Waals surface area (Å²) in [6, 6.07) is 0. The molecule has 6 nitrogen and oxygen atoms in total. The maximum atomic E-state index is 6.09. The van der Waals surface area contributed by atoms with Crippen LogP contribution in [0.5, 0.6) is 0 Å². The van der Waals surface area contributed by atoms with Gasteiger partial charge in [0.05, 0.1) is 19.3 Å². The molecular weight excluding hydrogens is 467 g/mol. The molecule has 0 spiro atoms. The number of ether oxygens (including phenoxy) is 2. The number of morpholine rings is 1. The summed E-state index contributed by atoms with van der Waals surface area (Å²) in [6.45, 7) is 17.6. The molecule has 2 aliphatic rings. The van der Waals surface area contributed by atoms with Gasteiger partial charge in [0.2, 0.25) is 0 Å². The van der Waals surface area contributed by atoms with Crippen molar-refractivity contribution in [2.75, 3.05) is 59.1 Å². The van der Waals surface area contributed by atoms with Gasteiger partial charge in [0, 0.05) is 45.2 Å². The van der Waals surface area contributed by atoms with E-state index in [1.54, 1.807) is 0 Å². The lowest BCUT2D eigenvalue weighted by atomic mass is 9.78. The van der Waals surface area contributed by atoms with Crippen LogP contribution in [0.3, 0.4) is 0 Å². The molecular formula is C21H43IN4O2. The van der Waals surface area contributed by atoms with E-state index < -0.39 is 0 Å². The van der Waals surface area contributed by atoms with E-state index in [1.807, 2.05) is 0 Å². The Kier molecular flexibility index (Phi) is 12.9. The number of hydrogen-bond donors (Lipinski definition) is 2. The van der Waals surface area contributed by atoms with E-state index in [4.69, 9.17) is 14.5 Å². The molecule has 2 saturated heterocycles. The highest BCUT2D eigenvalue weighted by atomic mass is 127. The van der Waals surface area contributed by atoms with Crippen LogP contribution in [0, 0.1) is 11.3 Å². The van der Waals surface area contributed by atoms with Crippen molar-refractivity contribution in [1.82, 2.24) is 15.5 Å². The quantitative estimate of drug-likeness (QED) is 0.228. The Labute approximate surface area is 189 Å². The summed E-state index contributed by atoms with van der Waals surface area (Å²) in [5.74, 6) is 1.46. The van der Waals surface area contributed by atoms with Crippen LogP contribution in [0.2, 0.25) is 0 Å². The molecule has 2 N–H and O–H groups in total. The van der Waals surface area contributed by atoms with Crippen LogP contribution in [0.1, 0.15) is 53.4 Å². The van der Waals surface area contributed by atoms with Crippen LogP contribution < -0.4 is 10.6 Å². The number of nitrogens with one attached hydrogen (secondary N) is 2. The van der Waals surface area contributed by atoms with Crippen LogP contribution in [-0.2, 0) is 9.47 Å². The smallest absolute Gasteiger partial charge is 0.191 e. The van der Waals surface area contributed by atoms with Crippen molar-refractivity contribution in [3.05, 3.63) is 0 Å². The minimum atomic E-state index is 0.